The van der Waals surface area contributed by atoms with E-state index in [-0.39, 0.29) is 30.3 Å². The minimum Gasteiger partial charge on any atom is -0.347 e. The molecular weight excluding hydrogens is 326 g/mol. The molecule has 2 aliphatic rings. The number of halogens is 1. The third kappa shape index (κ3) is 4.95. The molecule has 3 rings (SSSR count). The topological polar surface area (TPSA) is 61.4 Å². The van der Waals surface area contributed by atoms with Crippen molar-refractivity contribution in [2.45, 2.75) is 44.2 Å². The molecule has 2 unspecified atom stereocenters. The Morgan fingerprint density at radius 3 is 2.71 bits per heavy atom. The Balaban J connectivity index is 0.00000208. The van der Waals surface area contributed by atoms with Gasteiger partial charge in [-0.3, -0.25) is 9.59 Å². The first-order valence-corrected chi connectivity index (χ1v) is 8.58. The van der Waals surface area contributed by atoms with E-state index in [4.69, 9.17) is 0 Å². The Morgan fingerprint density at radius 1 is 1.29 bits per heavy atom. The molecule has 0 spiro atoms. The number of hydrogen-bond donors (Lipinski definition) is 2. The fourth-order valence-electron chi connectivity index (χ4n) is 3.45. The van der Waals surface area contributed by atoms with Crippen LogP contribution in [0.25, 0.3) is 0 Å². The number of amides is 2. The molecule has 1 aromatic rings. The van der Waals surface area contributed by atoms with Gasteiger partial charge < -0.3 is 15.5 Å². The van der Waals surface area contributed by atoms with E-state index in [1.54, 1.807) is 0 Å². The van der Waals surface area contributed by atoms with E-state index in [2.05, 4.69) is 10.6 Å². The van der Waals surface area contributed by atoms with Crippen LogP contribution in [-0.2, 0) is 9.59 Å². The Hall–Kier alpha value is -1.59. The summed E-state index contributed by atoms with van der Waals surface area (Å²) in [6.45, 7) is 2.36. The molecular formula is C18H26ClN3O2. The summed E-state index contributed by atoms with van der Waals surface area (Å²) in [6.07, 6.45) is 4.26. The molecule has 132 valence electrons. The normalized spacial score (nSPS) is 21.4. The number of rotatable bonds is 6. The second-order valence-corrected chi connectivity index (χ2v) is 6.47. The molecule has 0 radical (unpaired) electrons. The molecule has 2 fully saturated rings. The van der Waals surface area contributed by atoms with Gasteiger partial charge in [0.25, 0.3) is 0 Å². The second kappa shape index (κ2) is 9.04. The summed E-state index contributed by atoms with van der Waals surface area (Å²) >= 11 is 0. The molecule has 2 atom stereocenters. The van der Waals surface area contributed by atoms with E-state index in [1.807, 2.05) is 35.2 Å². The third-order valence-corrected chi connectivity index (χ3v) is 4.71. The zero-order valence-corrected chi connectivity index (χ0v) is 14.7. The van der Waals surface area contributed by atoms with Crippen LogP contribution in [0.1, 0.15) is 43.7 Å². The maximum absolute atomic E-state index is 12.4. The van der Waals surface area contributed by atoms with Crippen LogP contribution < -0.4 is 10.6 Å². The third-order valence-electron chi connectivity index (χ3n) is 4.71. The number of nitrogens with zero attached hydrogens (tertiary/aromatic N) is 1. The molecule has 5 nitrogen and oxygen atoms in total. The van der Waals surface area contributed by atoms with Crippen molar-refractivity contribution in [3.05, 3.63) is 35.9 Å². The van der Waals surface area contributed by atoms with Crippen LogP contribution in [-0.4, -0.2) is 42.4 Å². The highest BCUT2D eigenvalue weighted by Crippen LogP contribution is 2.19. The number of carbonyl (C=O) groups is 2. The second-order valence-electron chi connectivity index (χ2n) is 6.47. The van der Waals surface area contributed by atoms with Gasteiger partial charge in [0.2, 0.25) is 11.8 Å². The minimum absolute atomic E-state index is 0. The number of carbonyl (C=O) groups excluding carboxylic acids is 2. The molecule has 0 aliphatic carbocycles. The van der Waals surface area contributed by atoms with E-state index < -0.39 is 0 Å². The minimum atomic E-state index is -0.132. The zero-order valence-electron chi connectivity index (χ0n) is 13.9. The SMILES string of the molecule is Cl.O=C(CC1CCCN1)NC(CN1CCCC1=O)c1ccccc1. The summed E-state index contributed by atoms with van der Waals surface area (Å²) in [5.41, 5.74) is 1.06. The van der Waals surface area contributed by atoms with E-state index in [9.17, 15) is 9.59 Å². The van der Waals surface area contributed by atoms with Crippen LogP contribution in [0, 0.1) is 0 Å². The average molecular weight is 352 g/mol. The van der Waals surface area contributed by atoms with Crippen LogP contribution in [0.5, 0.6) is 0 Å². The van der Waals surface area contributed by atoms with Crippen molar-refractivity contribution >= 4 is 24.2 Å². The van der Waals surface area contributed by atoms with Gasteiger partial charge in [-0.1, -0.05) is 30.3 Å². The predicted molar refractivity (Wildman–Crippen MR) is 96.0 cm³/mol. The van der Waals surface area contributed by atoms with E-state index >= 15 is 0 Å². The van der Waals surface area contributed by atoms with Crippen molar-refractivity contribution in [3.63, 3.8) is 0 Å². The Kier molecular flexibility index (Phi) is 7.06. The van der Waals surface area contributed by atoms with Crippen molar-refractivity contribution in [2.75, 3.05) is 19.6 Å². The van der Waals surface area contributed by atoms with Gasteiger partial charge in [-0.15, -0.1) is 12.4 Å². The van der Waals surface area contributed by atoms with E-state index in [0.29, 0.717) is 25.4 Å². The molecule has 0 bridgehead atoms. The van der Waals surface area contributed by atoms with E-state index in [0.717, 1.165) is 37.9 Å². The Labute approximate surface area is 149 Å². The quantitative estimate of drug-likeness (QED) is 0.824. The van der Waals surface area contributed by atoms with Gasteiger partial charge in [-0.25, -0.2) is 0 Å². The van der Waals surface area contributed by atoms with Gasteiger partial charge in [0, 0.05) is 32.0 Å². The number of likely N-dealkylation sites (tertiary alicyclic amines) is 1. The van der Waals surface area contributed by atoms with Gasteiger partial charge in [-0.05, 0) is 31.4 Å². The molecule has 2 saturated heterocycles. The van der Waals surface area contributed by atoms with Crippen molar-refractivity contribution in [2.24, 2.45) is 0 Å². The molecule has 24 heavy (non-hydrogen) atoms. The average Bonchev–Trinajstić information content (AvgIpc) is 3.20. The first-order chi connectivity index (χ1) is 11.2. The van der Waals surface area contributed by atoms with E-state index in [1.165, 1.54) is 0 Å². The largest absolute Gasteiger partial charge is 0.347 e. The lowest BCUT2D eigenvalue weighted by molar-refractivity contribution is -0.129. The number of nitrogens with one attached hydrogen (secondary N) is 2. The summed E-state index contributed by atoms with van der Waals surface area (Å²) in [7, 11) is 0. The van der Waals surface area contributed by atoms with Crippen molar-refractivity contribution in [3.8, 4) is 0 Å². The van der Waals surface area contributed by atoms with Crippen LogP contribution in [0.3, 0.4) is 0 Å². The van der Waals surface area contributed by atoms with Crippen LogP contribution in [0.15, 0.2) is 30.3 Å². The lowest BCUT2D eigenvalue weighted by Crippen LogP contribution is -2.40. The van der Waals surface area contributed by atoms with Gasteiger partial charge in [0.1, 0.15) is 0 Å². The highest BCUT2D eigenvalue weighted by atomic mass is 35.5. The maximum atomic E-state index is 12.4. The molecule has 2 N–H and O–H groups in total. The van der Waals surface area contributed by atoms with Gasteiger partial charge in [0.05, 0.1) is 6.04 Å². The fraction of sp³-hybridized carbons (Fsp3) is 0.556. The highest BCUT2D eigenvalue weighted by molar-refractivity contribution is 5.85. The lowest BCUT2D eigenvalue weighted by atomic mass is 10.1. The molecule has 0 saturated carbocycles. The zero-order chi connectivity index (χ0) is 16.1. The molecule has 2 heterocycles. The van der Waals surface area contributed by atoms with Crippen LogP contribution in [0.4, 0.5) is 0 Å². The Morgan fingerprint density at radius 2 is 2.08 bits per heavy atom. The van der Waals surface area contributed by atoms with Crippen LogP contribution in [0.2, 0.25) is 0 Å². The Bertz CT molecular complexity index is 546. The number of hydrogen-bond acceptors (Lipinski definition) is 3. The molecule has 6 heteroatoms. The summed E-state index contributed by atoms with van der Waals surface area (Å²) in [6, 6.07) is 10.1. The maximum Gasteiger partial charge on any atom is 0.222 e. The van der Waals surface area contributed by atoms with Crippen molar-refractivity contribution < 1.29 is 9.59 Å². The lowest BCUT2D eigenvalue weighted by Gasteiger charge is -2.25. The number of benzene rings is 1. The smallest absolute Gasteiger partial charge is 0.222 e. The molecule has 0 aromatic heterocycles. The highest BCUT2D eigenvalue weighted by Gasteiger charge is 2.26. The molecule has 2 amide bonds. The van der Waals surface area contributed by atoms with Crippen LogP contribution >= 0.6 is 12.4 Å². The van der Waals surface area contributed by atoms with Gasteiger partial charge in [0.15, 0.2) is 0 Å². The van der Waals surface area contributed by atoms with Crippen molar-refractivity contribution in [1.82, 2.24) is 15.5 Å². The summed E-state index contributed by atoms with van der Waals surface area (Å²) in [5, 5.41) is 6.49. The molecule has 2 aliphatic heterocycles. The predicted octanol–water partition coefficient (Wildman–Crippen LogP) is 2.03. The first-order valence-electron chi connectivity index (χ1n) is 8.58. The first kappa shape index (κ1) is 18.7. The molecule has 1 aromatic carbocycles. The fourth-order valence-corrected chi connectivity index (χ4v) is 3.45. The summed E-state index contributed by atoms with van der Waals surface area (Å²) in [5.74, 6) is 0.252. The van der Waals surface area contributed by atoms with Gasteiger partial charge in [-0.2, -0.15) is 0 Å². The van der Waals surface area contributed by atoms with Gasteiger partial charge >= 0.3 is 0 Å². The van der Waals surface area contributed by atoms with Crippen molar-refractivity contribution in [1.29, 1.82) is 0 Å². The standard InChI is InChI=1S/C18H25N3O2.ClH/c22-17(12-15-8-4-10-19-15)20-16(14-6-2-1-3-7-14)13-21-11-5-9-18(21)23;/h1-3,6-7,15-16,19H,4-5,8-13H2,(H,20,22);1H. The monoisotopic (exact) mass is 351 g/mol. The summed E-state index contributed by atoms with van der Waals surface area (Å²) in [4.78, 5) is 26.2. The summed E-state index contributed by atoms with van der Waals surface area (Å²) < 4.78 is 0.